The van der Waals surface area contributed by atoms with Crippen LogP contribution in [0.2, 0.25) is 0 Å². The van der Waals surface area contributed by atoms with Crippen LogP contribution in [0.5, 0.6) is 5.75 Å². The molecule has 24 heavy (non-hydrogen) atoms. The minimum atomic E-state index is -0.654. The molecule has 7 heteroatoms. The molecule has 2 fully saturated rings. The lowest BCUT2D eigenvalue weighted by atomic mass is 9.94. The van der Waals surface area contributed by atoms with Crippen molar-refractivity contribution in [3.05, 3.63) is 29.6 Å². The molecule has 1 amide bonds. The fraction of sp³-hybridized carbons (Fsp3) is 0.588. The predicted octanol–water partition coefficient (Wildman–Crippen LogP) is 0.596. The van der Waals surface area contributed by atoms with Gasteiger partial charge < -0.3 is 15.2 Å². The van der Waals surface area contributed by atoms with Crippen molar-refractivity contribution in [1.29, 1.82) is 0 Å². The van der Waals surface area contributed by atoms with Crippen LogP contribution in [-0.4, -0.2) is 67.7 Å². The molecule has 0 radical (unpaired) electrons. The van der Waals surface area contributed by atoms with Crippen molar-refractivity contribution in [3.63, 3.8) is 0 Å². The molecular weight excluding hydrogens is 313 g/mol. The van der Waals surface area contributed by atoms with Gasteiger partial charge in [0.1, 0.15) is 5.54 Å². The summed E-state index contributed by atoms with van der Waals surface area (Å²) in [6.07, 6.45) is 0.659. The van der Waals surface area contributed by atoms with Gasteiger partial charge in [-0.25, -0.2) is 4.39 Å². The molecule has 0 spiro atoms. The summed E-state index contributed by atoms with van der Waals surface area (Å²) >= 11 is 0. The first-order valence-corrected chi connectivity index (χ1v) is 8.22. The number of hydrogen-bond acceptors (Lipinski definition) is 5. The van der Waals surface area contributed by atoms with Crippen LogP contribution in [0.15, 0.2) is 18.2 Å². The maximum Gasteiger partial charge on any atom is 0.240 e. The van der Waals surface area contributed by atoms with Crippen molar-refractivity contribution >= 4 is 5.91 Å². The van der Waals surface area contributed by atoms with Crippen LogP contribution in [-0.2, 0) is 16.1 Å². The van der Waals surface area contributed by atoms with Crippen molar-refractivity contribution in [1.82, 2.24) is 9.80 Å². The van der Waals surface area contributed by atoms with Gasteiger partial charge in [0.15, 0.2) is 11.6 Å². The van der Waals surface area contributed by atoms with E-state index in [4.69, 9.17) is 15.2 Å². The zero-order chi connectivity index (χ0) is 17.2. The Morgan fingerprint density at radius 1 is 1.38 bits per heavy atom. The molecule has 2 heterocycles. The number of primary amides is 1. The fourth-order valence-corrected chi connectivity index (χ4v) is 3.55. The Hall–Kier alpha value is -1.70. The third-order valence-electron chi connectivity index (χ3n) is 5.06. The number of methoxy groups -OCH3 is 1. The van der Waals surface area contributed by atoms with E-state index >= 15 is 0 Å². The van der Waals surface area contributed by atoms with Crippen molar-refractivity contribution < 1.29 is 18.7 Å². The maximum atomic E-state index is 13.8. The topological polar surface area (TPSA) is 68.0 Å². The summed E-state index contributed by atoms with van der Waals surface area (Å²) in [6.45, 7) is 4.76. The highest BCUT2D eigenvalue weighted by Crippen LogP contribution is 2.27. The Bertz CT molecular complexity index is 597. The normalized spacial score (nSPS) is 25.8. The van der Waals surface area contributed by atoms with E-state index in [-0.39, 0.29) is 17.5 Å². The van der Waals surface area contributed by atoms with E-state index in [1.165, 1.54) is 13.2 Å². The van der Waals surface area contributed by atoms with E-state index in [0.29, 0.717) is 26.2 Å². The van der Waals surface area contributed by atoms with Crippen LogP contribution in [0.25, 0.3) is 0 Å². The van der Waals surface area contributed by atoms with Crippen LogP contribution >= 0.6 is 0 Å². The summed E-state index contributed by atoms with van der Waals surface area (Å²) in [5, 5.41) is 0. The molecule has 1 aromatic rings. The minimum absolute atomic E-state index is 0.258. The van der Waals surface area contributed by atoms with Gasteiger partial charge in [-0.2, -0.15) is 0 Å². The lowest BCUT2D eigenvalue weighted by molar-refractivity contribution is -0.132. The van der Waals surface area contributed by atoms with Gasteiger partial charge in [-0.05, 0) is 17.7 Å². The molecule has 0 aliphatic carbocycles. The average Bonchev–Trinajstić information content (AvgIpc) is 3.07. The summed E-state index contributed by atoms with van der Waals surface area (Å²) < 4.78 is 24.2. The molecule has 1 aromatic carbocycles. The standard InChI is InChI=1S/C17H24FN3O3/c1-23-15-3-2-13(10-14(15)18)11-20-5-7-21(8-6-20)17(16(19)22)4-9-24-12-17/h2-3,10H,4-9,11-12H2,1H3,(H2,19,22). The van der Waals surface area contributed by atoms with Crippen LogP contribution in [0, 0.1) is 5.82 Å². The highest BCUT2D eigenvalue weighted by atomic mass is 19.1. The monoisotopic (exact) mass is 337 g/mol. The minimum Gasteiger partial charge on any atom is -0.494 e. The third-order valence-corrected chi connectivity index (χ3v) is 5.06. The van der Waals surface area contributed by atoms with Gasteiger partial charge >= 0.3 is 0 Å². The van der Waals surface area contributed by atoms with E-state index in [2.05, 4.69) is 9.80 Å². The van der Waals surface area contributed by atoms with Gasteiger partial charge in [0.2, 0.25) is 5.91 Å². The molecule has 2 aliphatic heterocycles. The number of carbonyl (C=O) groups is 1. The lowest BCUT2D eigenvalue weighted by Crippen LogP contribution is -2.63. The number of nitrogens with two attached hydrogens (primary N) is 1. The highest BCUT2D eigenvalue weighted by Gasteiger charge is 2.46. The maximum absolute atomic E-state index is 13.8. The first kappa shape index (κ1) is 17.1. The average molecular weight is 337 g/mol. The first-order valence-electron chi connectivity index (χ1n) is 8.22. The molecule has 2 aliphatic rings. The predicted molar refractivity (Wildman–Crippen MR) is 87.2 cm³/mol. The van der Waals surface area contributed by atoms with E-state index in [1.54, 1.807) is 6.07 Å². The number of ether oxygens (including phenoxy) is 2. The molecule has 6 nitrogen and oxygen atoms in total. The number of amides is 1. The second-order valence-electron chi connectivity index (χ2n) is 6.43. The van der Waals surface area contributed by atoms with Gasteiger partial charge in [0.25, 0.3) is 0 Å². The van der Waals surface area contributed by atoms with Gasteiger partial charge in [-0.1, -0.05) is 6.07 Å². The second-order valence-corrected chi connectivity index (χ2v) is 6.43. The zero-order valence-electron chi connectivity index (χ0n) is 14.0. The van der Waals surface area contributed by atoms with Crippen molar-refractivity contribution in [2.75, 3.05) is 46.5 Å². The molecule has 3 rings (SSSR count). The van der Waals surface area contributed by atoms with Gasteiger partial charge in [0, 0.05) is 45.8 Å². The fourth-order valence-electron chi connectivity index (χ4n) is 3.55. The molecule has 2 saturated heterocycles. The molecule has 1 unspecified atom stereocenters. The van der Waals surface area contributed by atoms with Gasteiger partial charge in [-0.15, -0.1) is 0 Å². The Labute approximate surface area is 141 Å². The van der Waals surface area contributed by atoms with Crippen LogP contribution in [0.1, 0.15) is 12.0 Å². The van der Waals surface area contributed by atoms with Gasteiger partial charge in [-0.3, -0.25) is 14.6 Å². The number of benzene rings is 1. The van der Waals surface area contributed by atoms with E-state index < -0.39 is 5.54 Å². The van der Waals surface area contributed by atoms with Crippen molar-refractivity contribution in [2.45, 2.75) is 18.5 Å². The Kier molecular flexibility index (Phi) is 5.03. The number of rotatable bonds is 5. The van der Waals surface area contributed by atoms with Gasteiger partial charge in [0.05, 0.1) is 13.7 Å². The van der Waals surface area contributed by atoms with Crippen LogP contribution in [0.4, 0.5) is 4.39 Å². The summed E-state index contributed by atoms with van der Waals surface area (Å²) in [5.41, 5.74) is 5.90. The summed E-state index contributed by atoms with van der Waals surface area (Å²) in [4.78, 5) is 16.3. The molecule has 0 saturated carbocycles. The number of carbonyl (C=O) groups excluding carboxylic acids is 1. The highest BCUT2D eigenvalue weighted by molar-refractivity contribution is 5.85. The molecular formula is C17H24FN3O3. The number of nitrogens with zero attached hydrogens (tertiary/aromatic N) is 2. The van der Waals surface area contributed by atoms with E-state index in [0.717, 1.165) is 31.7 Å². The largest absolute Gasteiger partial charge is 0.494 e. The second kappa shape index (κ2) is 7.04. The zero-order valence-corrected chi connectivity index (χ0v) is 14.0. The number of hydrogen-bond donors (Lipinski definition) is 1. The van der Waals surface area contributed by atoms with Crippen LogP contribution in [0.3, 0.4) is 0 Å². The van der Waals surface area contributed by atoms with Crippen molar-refractivity contribution in [3.8, 4) is 5.75 Å². The third kappa shape index (κ3) is 3.24. The molecule has 132 valence electrons. The summed E-state index contributed by atoms with van der Waals surface area (Å²) in [5.74, 6) is -0.386. The van der Waals surface area contributed by atoms with E-state index in [1.807, 2.05) is 6.07 Å². The molecule has 2 N–H and O–H groups in total. The lowest BCUT2D eigenvalue weighted by Gasteiger charge is -2.43. The Morgan fingerprint density at radius 2 is 2.12 bits per heavy atom. The Balaban J connectivity index is 1.59. The Morgan fingerprint density at radius 3 is 2.67 bits per heavy atom. The van der Waals surface area contributed by atoms with Crippen molar-refractivity contribution in [2.24, 2.45) is 5.73 Å². The number of piperazine rings is 1. The smallest absolute Gasteiger partial charge is 0.240 e. The van der Waals surface area contributed by atoms with Crippen LogP contribution < -0.4 is 10.5 Å². The molecule has 0 bridgehead atoms. The SMILES string of the molecule is COc1ccc(CN2CCN(C3(C(N)=O)CCOC3)CC2)cc1F. The summed E-state index contributed by atoms with van der Waals surface area (Å²) in [6, 6.07) is 5.05. The molecule has 0 aromatic heterocycles. The quantitative estimate of drug-likeness (QED) is 0.852. The summed E-state index contributed by atoms with van der Waals surface area (Å²) in [7, 11) is 1.46. The van der Waals surface area contributed by atoms with E-state index in [9.17, 15) is 9.18 Å². The number of halogens is 1. The first-order chi connectivity index (χ1) is 11.5. The molecule has 1 atom stereocenters.